The fraction of sp³-hybridized carbons (Fsp3) is 0.118. The standard InChI is InChI=1S/C46H33N.C3H6.C2H4/c1-3-14-30(15-4-1)45(31-16-5-2-6-17-31)47-29-32-18-13-22-33-34-26-27-43-44(39(34)28-38(32)33)37-21-9-12-25-42(37)46(43)40-23-10-7-19-35(40)36-20-8-11-24-41(36)46;1-3-2;1-2/h1-27,35,40H,28-29H2;3H,1H2,2H3;1-2H2. The van der Waals surface area contributed by atoms with Crippen molar-refractivity contribution in [2.24, 2.45) is 10.9 Å². The molecule has 1 nitrogen and oxygen atoms in total. The van der Waals surface area contributed by atoms with E-state index in [9.17, 15) is 0 Å². The molecule has 3 atom stereocenters. The third-order valence-electron chi connectivity index (χ3n) is 11.2. The minimum atomic E-state index is -0.189. The zero-order chi connectivity index (χ0) is 35.7. The van der Waals surface area contributed by atoms with Crippen LogP contribution in [0.2, 0.25) is 0 Å². The quantitative estimate of drug-likeness (QED) is 0.131. The number of hydrogen-bond acceptors (Lipinski definition) is 1. The average molecular weight is 670 g/mol. The van der Waals surface area contributed by atoms with Crippen LogP contribution in [0.3, 0.4) is 0 Å². The van der Waals surface area contributed by atoms with Crippen molar-refractivity contribution in [1.29, 1.82) is 0 Å². The van der Waals surface area contributed by atoms with Gasteiger partial charge in [0.05, 0.1) is 17.7 Å². The Morgan fingerprint density at radius 1 is 0.635 bits per heavy atom. The smallest absolute Gasteiger partial charge is 0.0723 e. The number of aliphatic imine (C=N–C) groups is 1. The normalized spacial score (nSPS) is 18.6. The molecule has 4 aliphatic carbocycles. The predicted octanol–water partition coefficient (Wildman–Crippen LogP) is 12.4. The van der Waals surface area contributed by atoms with E-state index < -0.39 is 0 Å². The Balaban J connectivity index is 0.000000738. The van der Waals surface area contributed by atoms with Gasteiger partial charge in [-0.15, -0.1) is 19.7 Å². The first-order chi connectivity index (χ1) is 25.8. The van der Waals surface area contributed by atoms with Crippen LogP contribution >= 0.6 is 0 Å². The van der Waals surface area contributed by atoms with Crippen molar-refractivity contribution in [3.8, 4) is 22.3 Å². The largest absolute Gasteiger partial charge is 0.279 e. The number of allylic oxidation sites excluding steroid dienone is 5. The molecule has 4 aliphatic rings. The maximum absolute atomic E-state index is 5.31. The van der Waals surface area contributed by atoms with Gasteiger partial charge in [0.2, 0.25) is 0 Å². The molecule has 6 aromatic carbocycles. The number of nitrogens with zero attached hydrogens (tertiary/aromatic N) is 1. The van der Waals surface area contributed by atoms with Crippen molar-refractivity contribution in [3.05, 3.63) is 240 Å². The zero-order valence-corrected chi connectivity index (χ0v) is 29.8. The third kappa shape index (κ3) is 5.03. The molecule has 52 heavy (non-hydrogen) atoms. The Morgan fingerprint density at radius 2 is 1.23 bits per heavy atom. The first-order valence-corrected chi connectivity index (χ1v) is 18.3. The van der Waals surface area contributed by atoms with Crippen molar-refractivity contribution in [2.75, 3.05) is 0 Å². The summed E-state index contributed by atoms with van der Waals surface area (Å²) in [5.41, 5.74) is 18.8. The molecule has 0 aliphatic heterocycles. The van der Waals surface area contributed by atoms with Gasteiger partial charge in [-0.3, -0.25) is 4.99 Å². The van der Waals surface area contributed by atoms with Crippen LogP contribution in [0.5, 0.6) is 0 Å². The Labute approximate surface area is 308 Å². The third-order valence-corrected chi connectivity index (χ3v) is 11.2. The Kier molecular flexibility index (Phi) is 8.87. The monoisotopic (exact) mass is 669 g/mol. The van der Waals surface area contributed by atoms with Gasteiger partial charge in [-0.1, -0.05) is 170 Å². The average Bonchev–Trinajstić information content (AvgIpc) is 3.85. The van der Waals surface area contributed by atoms with Crippen LogP contribution in [-0.2, 0) is 18.4 Å². The molecule has 1 spiro atoms. The van der Waals surface area contributed by atoms with Gasteiger partial charge in [0.25, 0.3) is 0 Å². The van der Waals surface area contributed by atoms with Crippen LogP contribution in [0, 0.1) is 5.92 Å². The highest BCUT2D eigenvalue weighted by molar-refractivity contribution is 6.12. The number of benzene rings is 6. The molecule has 3 unspecified atom stereocenters. The van der Waals surface area contributed by atoms with Gasteiger partial charge in [0.1, 0.15) is 0 Å². The summed E-state index contributed by atoms with van der Waals surface area (Å²) in [4.78, 5) is 5.31. The predicted molar refractivity (Wildman–Crippen MR) is 220 cm³/mol. The molecule has 6 aromatic rings. The van der Waals surface area contributed by atoms with Gasteiger partial charge in [0.15, 0.2) is 0 Å². The van der Waals surface area contributed by atoms with Crippen molar-refractivity contribution < 1.29 is 0 Å². The Hall–Kier alpha value is -6.05. The molecule has 0 saturated carbocycles. The lowest BCUT2D eigenvalue weighted by atomic mass is 9.65. The van der Waals surface area contributed by atoms with E-state index in [1.807, 2.05) is 6.92 Å². The molecule has 0 fully saturated rings. The van der Waals surface area contributed by atoms with Crippen molar-refractivity contribution in [2.45, 2.75) is 31.2 Å². The van der Waals surface area contributed by atoms with E-state index in [0.717, 1.165) is 23.3 Å². The summed E-state index contributed by atoms with van der Waals surface area (Å²) in [6, 6.07) is 51.4. The fourth-order valence-corrected chi connectivity index (χ4v) is 9.33. The SMILES string of the molecule is C1=CC2c3ccccc3C3(c4ccccc4-c4c3ccc3c4Cc4c(CN=C(c5ccccc5)c5ccccc5)cccc4-3)C2C=C1.C=C.C=CC. The molecule has 0 heterocycles. The highest BCUT2D eigenvalue weighted by atomic mass is 14.7. The summed E-state index contributed by atoms with van der Waals surface area (Å²) in [5, 5.41) is 0. The zero-order valence-electron chi connectivity index (χ0n) is 29.8. The number of fused-ring (bicyclic) bond motifs is 14. The van der Waals surface area contributed by atoms with Crippen LogP contribution < -0.4 is 0 Å². The summed E-state index contributed by atoms with van der Waals surface area (Å²) >= 11 is 0. The molecule has 252 valence electrons. The lowest BCUT2D eigenvalue weighted by Crippen LogP contribution is -2.33. The summed E-state index contributed by atoms with van der Waals surface area (Å²) in [5.74, 6) is 0.738. The van der Waals surface area contributed by atoms with Crippen LogP contribution in [0.4, 0.5) is 0 Å². The second kappa shape index (κ2) is 13.9. The van der Waals surface area contributed by atoms with E-state index in [2.05, 4.69) is 184 Å². The molecular weight excluding hydrogens is 627 g/mol. The number of rotatable bonds is 4. The van der Waals surface area contributed by atoms with Gasteiger partial charge in [-0.25, -0.2) is 0 Å². The molecule has 0 aromatic heterocycles. The van der Waals surface area contributed by atoms with Crippen LogP contribution in [-0.4, -0.2) is 5.71 Å². The summed E-state index contributed by atoms with van der Waals surface area (Å²) in [6.07, 6.45) is 12.1. The van der Waals surface area contributed by atoms with E-state index in [0.29, 0.717) is 18.4 Å². The highest BCUT2D eigenvalue weighted by Gasteiger charge is 2.57. The maximum Gasteiger partial charge on any atom is 0.0723 e. The maximum atomic E-state index is 5.31. The topological polar surface area (TPSA) is 12.4 Å². The second-order valence-electron chi connectivity index (χ2n) is 13.7. The second-order valence-corrected chi connectivity index (χ2v) is 13.7. The lowest BCUT2D eigenvalue weighted by molar-refractivity contribution is 0.465. The minimum Gasteiger partial charge on any atom is -0.279 e. The summed E-state index contributed by atoms with van der Waals surface area (Å²) in [7, 11) is 0. The summed E-state index contributed by atoms with van der Waals surface area (Å²) < 4.78 is 0. The van der Waals surface area contributed by atoms with E-state index in [4.69, 9.17) is 4.99 Å². The van der Waals surface area contributed by atoms with Gasteiger partial charge in [0, 0.05) is 23.0 Å². The van der Waals surface area contributed by atoms with Gasteiger partial charge >= 0.3 is 0 Å². The van der Waals surface area contributed by atoms with Crippen molar-refractivity contribution in [3.63, 3.8) is 0 Å². The Bertz CT molecular complexity index is 2330. The van der Waals surface area contributed by atoms with Gasteiger partial charge in [-0.05, 0) is 74.5 Å². The molecule has 10 rings (SSSR count). The van der Waals surface area contributed by atoms with Crippen molar-refractivity contribution >= 4 is 5.71 Å². The van der Waals surface area contributed by atoms with Crippen molar-refractivity contribution in [1.82, 2.24) is 0 Å². The number of hydrogen-bond donors (Lipinski definition) is 0. The molecule has 0 N–H and O–H groups in total. The molecule has 1 heteroatoms. The van der Waals surface area contributed by atoms with E-state index in [1.165, 1.54) is 61.2 Å². The van der Waals surface area contributed by atoms with Crippen LogP contribution in [0.1, 0.15) is 62.9 Å². The first-order valence-electron chi connectivity index (χ1n) is 18.3. The molecular formula is C51H43N. The minimum absolute atomic E-state index is 0.189. The fourth-order valence-electron chi connectivity index (χ4n) is 9.33. The Morgan fingerprint density at radius 3 is 1.96 bits per heavy atom. The first kappa shape index (κ1) is 33.1. The van der Waals surface area contributed by atoms with E-state index >= 15 is 0 Å². The van der Waals surface area contributed by atoms with E-state index in [-0.39, 0.29) is 5.41 Å². The summed E-state index contributed by atoms with van der Waals surface area (Å²) in [6.45, 7) is 11.9. The molecule has 0 saturated heterocycles. The lowest BCUT2D eigenvalue weighted by Gasteiger charge is -2.36. The molecule has 0 radical (unpaired) electrons. The van der Waals surface area contributed by atoms with Gasteiger partial charge in [-0.2, -0.15) is 0 Å². The van der Waals surface area contributed by atoms with Crippen LogP contribution in [0.15, 0.2) is 195 Å². The molecule has 0 bridgehead atoms. The van der Waals surface area contributed by atoms with E-state index in [1.54, 1.807) is 6.08 Å². The van der Waals surface area contributed by atoms with Crippen LogP contribution in [0.25, 0.3) is 22.3 Å². The molecule has 0 amide bonds. The highest BCUT2D eigenvalue weighted by Crippen LogP contribution is 2.66. The van der Waals surface area contributed by atoms with Gasteiger partial charge < -0.3 is 0 Å².